The van der Waals surface area contributed by atoms with Crippen LogP contribution >= 0.6 is 12.4 Å². The van der Waals surface area contributed by atoms with Gasteiger partial charge in [0, 0.05) is 40.0 Å². The highest BCUT2D eigenvalue weighted by Gasteiger charge is 2.17. The molecule has 1 heterocycles. The maximum Gasteiger partial charge on any atom is 0.259 e. The minimum atomic E-state index is -3.51. The number of rotatable bonds is 8. The molecule has 0 atom stereocenters. The molecule has 1 aromatic heterocycles. The van der Waals surface area contributed by atoms with Crippen LogP contribution in [0.3, 0.4) is 0 Å². The van der Waals surface area contributed by atoms with Gasteiger partial charge in [-0.15, -0.1) is 12.4 Å². The molecule has 0 saturated heterocycles. The van der Waals surface area contributed by atoms with Gasteiger partial charge < -0.3 is 14.6 Å². The van der Waals surface area contributed by atoms with E-state index in [9.17, 15) is 8.42 Å². The summed E-state index contributed by atoms with van der Waals surface area (Å²) in [6, 6.07) is 0. The monoisotopic (exact) mass is 312 g/mol. The van der Waals surface area contributed by atoms with E-state index in [0.29, 0.717) is 32.1 Å². The standard InChI is InChI=1S/C10H20N4O3S.ClH/c1-9-13-10(8-14(9)2)18(15,16)12-5-4-11-6-7-17-3;/h8,11-12H,4-7H2,1-3H3;1H. The van der Waals surface area contributed by atoms with Gasteiger partial charge in [0.2, 0.25) is 0 Å². The molecule has 0 bridgehead atoms. The molecule has 0 radical (unpaired) electrons. The SMILES string of the molecule is COCCNCCNS(=O)(=O)c1cn(C)c(C)n1.Cl. The molecule has 0 fully saturated rings. The maximum atomic E-state index is 11.8. The van der Waals surface area contributed by atoms with Crippen LogP contribution in [-0.4, -0.2) is 51.3 Å². The van der Waals surface area contributed by atoms with Gasteiger partial charge in [-0.3, -0.25) is 0 Å². The number of imidazole rings is 1. The minimum Gasteiger partial charge on any atom is -0.383 e. The van der Waals surface area contributed by atoms with Crippen molar-refractivity contribution in [2.24, 2.45) is 7.05 Å². The second-order valence-corrected chi connectivity index (χ2v) is 5.59. The molecule has 0 saturated carbocycles. The van der Waals surface area contributed by atoms with Crippen molar-refractivity contribution < 1.29 is 13.2 Å². The predicted molar refractivity (Wildman–Crippen MR) is 75.1 cm³/mol. The molecule has 0 aromatic carbocycles. The Kier molecular flexibility index (Phi) is 8.19. The summed E-state index contributed by atoms with van der Waals surface area (Å²) in [5.41, 5.74) is 0. The van der Waals surface area contributed by atoms with E-state index in [2.05, 4.69) is 15.0 Å². The Morgan fingerprint density at radius 2 is 2.05 bits per heavy atom. The average molecular weight is 313 g/mol. The Morgan fingerprint density at radius 3 is 2.58 bits per heavy atom. The van der Waals surface area contributed by atoms with Crippen LogP contribution in [0.2, 0.25) is 0 Å². The first-order valence-corrected chi connectivity index (χ1v) is 7.15. The Balaban J connectivity index is 0.00000324. The number of aromatic nitrogens is 2. The predicted octanol–water partition coefficient (Wildman–Crippen LogP) is -0.335. The lowest BCUT2D eigenvalue weighted by Crippen LogP contribution is -2.33. The fourth-order valence-electron chi connectivity index (χ4n) is 1.30. The van der Waals surface area contributed by atoms with Gasteiger partial charge in [-0.2, -0.15) is 0 Å². The smallest absolute Gasteiger partial charge is 0.259 e. The first-order valence-electron chi connectivity index (χ1n) is 5.66. The Hall–Kier alpha value is -0.670. The van der Waals surface area contributed by atoms with Gasteiger partial charge in [0.1, 0.15) is 5.82 Å². The van der Waals surface area contributed by atoms with Gasteiger partial charge in [-0.1, -0.05) is 0 Å². The first-order chi connectivity index (χ1) is 8.47. The van der Waals surface area contributed by atoms with E-state index in [4.69, 9.17) is 4.74 Å². The van der Waals surface area contributed by atoms with Crippen molar-refractivity contribution >= 4 is 22.4 Å². The van der Waals surface area contributed by atoms with Gasteiger partial charge in [-0.05, 0) is 6.92 Å². The van der Waals surface area contributed by atoms with Gasteiger partial charge in [-0.25, -0.2) is 18.1 Å². The molecule has 1 aromatic rings. The molecule has 112 valence electrons. The van der Waals surface area contributed by atoms with Crippen LogP contribution in [0.5, 0.6) is 0 Å². The van der Waals surface area contributed by atoms with E-state index in [-0.39, 0.29) is 17.4 Å². The molecule has 2 N–H and O–H groups in total. The van der Waals surface area contributed by atoms with Crippen molar-refractivity contribution in [1.29, 1.82) is 0 Å². The van der Waals surface area contributed by atoms with Crippen molar-refractivity contribution in [3.63, 3.8) is 0 Å². The van der Waals surface area contributed by atoms with Gasteiger partial charge in [0.25, 0.3) is 10.0 Å². The second kappa shape index (κ2) is 8.49. The lowest BCUT2D eigenvalue weighted by molar-refractivity contribution is 0.199. The summed E-state index contributed by atoms with van der Waals surface area (Å²) in [7, 11) is -0.131. The molecule has 0 aliphatic rings. The summed E-state index contributed by atoms with van der Waals surface area (Å²) in [4.78, 5) is 3.98. The normalized spacial score (nSPS) is 11.3. The maximum absolute atomic E-state index is 11.8. The highest BCUT2D eigenvalue weighted by Crippen LogP contribution is 2.06. The molecule has 0 aliphatic carbocycles. The second-order valence-electron chi connectivity index (χ2n) is 3.88. The minimum absolute atomic E-state index is 0. The molecule has 19 heavy (non-hydrogen) atoms. The number of aryl methyl sites for hydroxylation is 2. The number of hydrogen-bond acceptors (Lipinski definition) is 5. The van der Waals surface area contributed by atoms with Crippen molar-refractivity contribution in [3.05, 3.63) is 12.0 Å². The van der Waals surface area contributed by atoms with E-state index >= 15 is 0 Å². The summed E-state index contributed by atoms with van der Waals surface area (Å²) in [6.07, 6.45) is 1.50. The number of nitrogens with zero attached hydrogens (tertiary/aromatic N) is 2. The first kappa shape index (κ1) is 18.3. The largest absolute Gasteiger partial charge is 0.383 e. The molecular formula is C10H21ClN4O3S. The number of sulfonamides is 1. The quantitative estimate of drug-likeness (QED) is 0.642. The van der Waals surface area contributed by atoms with Crippen LogP contribution in [0.25, 0.3) is 0 Å². The fourth-order valence-corrected chi connectivity index (χ4v) is 2.37. The third kappa shape index (κ3) is 5.87. The molecule has 0 spiro atoms. The van der Waals surface area contributed by atoms with Crippen LogP contribution in [0.1, 0.15) is 5.82 Å². The number of methoxy groups -OCH3 is 1. The molecule has 0 unspecified atom stereocenters. The van der Waals surface area contributed by atoms with E-state index in [1.165, 1.54) is 6.20 Å². The highest BCUT2D eigenvalue weighted by molar-refractivity contribution is 7.89. The lowest BCUT2D eigenvalue weighted by Gasteiger charge is -2.05. The third-order valence-electron chi connectivity index (χ3n) is 2.44. The Bertz CT molecular complexity index is 456. The Labute approximate surface area is 120 Å². The number of halogens is 1. The highest BCUT2D eigenvalue weighted by atomic mass is 35.5. The van der Waals surface area contributed by atoms with Gasteiger partial charge in [0.15, 0.2) is 5.03 Å². The van der Waals surface area contributed by atoms with Crippen LogP contribution in [0.4, 0.5) is 0 Å². The summed E-state index contributed by atoms with van der Waals surface area (Å²) < 4.78 is 32.7. The zero-order valence-corrected chi connectivity index (χ0v) is 13.0. The molecule has 7 nitrogen and oxygen atoms in total. The van der Waals surface area contributed by atoms with E-state index < -0.39 is 10.0 Å². The van der Waals surface area contributed by atoms with Crippen LogP contribution < -0.4 is 10.0 Å². The number of ether oxygens (including phenoxy) is 1. The summed E-state index contributed by atoms with van der Waals surface area (Å²) in [5, 5.41) is 3.10. The van der Waals surface area contributed by atoms with E-state index in [1.807, 2.05) is 0 Å². The van der Waals surface area contributed by atoms with E-state index in [0.717, 1.165) is 0 Å². The topological polar surface area (TPSA) is 85.3 Å². The Morgan fingerprint density at radius 1 is 1.37 bits per heavy atom. The van der Waals surface area contributed by atoms with Crippen molar-refractivity contribution in [3.8, 4) is 0 Å². The van der Waals surface area contributed by atoms with Crippen molar-refractivity contribution in [1.82, 2.24) is 19.6 Å². The molecule has 0 aliphatic heterocycles. The molecular weight excluding hydrogens is 292 g/mol. The molecule has 1 rings (SSSR count). The summed E-state index contributed by atoms with van der Waals surface area (Å²) in [6.45, 7) is 3.93. The summed E-state index contributed by atoms with van der Waals surface area (Å²) >= 11 is 0. The van der Waals surface area contributed by atoms with Crippen molar-refractivity contribution in [2.45, 2.75) is 11.9 Å². The van der Waals surface area contributed by atoms with Crippen LogP contribution in [-0.2, 0) is 21.8 Å². The number of nitrogens with one attached hydrogen (secondary N) is 2. The van der Waals surface area contributed by atoms with Gasteiger partial charge >= 0.3 is 0 Å². The van der Waals surface area contributed by atoms with Crippen LogP contribution in [0.15, 0.2) is 11.2 Å². The summed E-state index contributed by atoms with van der Waals surface area (Å²) in [5.74, 6) is 0.661. The molecule has 0 amide bonds. The zero-order chi connectivity index (χ0) is 13.6. The number of hydrogen-bond donors (Lipinski definition) is 2. The fraction of sp³-hybridized carbons (Fsp3) is 0.700. The zero-order valence-electron chi connectivity index (χ0n) is 11.3. The average Bonchev–Trinajstić information content (AvgIpc) is 2.65. The lowest BCUT2D eigenvalue weighted by atomic mass is 10.6. The van der Waals surface area contributed by atoms with E-state index in [1.54, 1.807) is 25.6 Å². The van der Waals surface area contributed by atoms with Crippen LogP contribution in [0, 0.1) is 6.92 Å². The third-order valence-corrected chi connectivity index (χ3v) is 3.77. The van der Waals surface area contributed by atoms with Gasteiger partial charge in [0.05, 0.1) is 6.61 Å². The van der Waals surface area contributed by atoms with Crippen molar-refractivity contribution in [2.75, 3.05) is 33.4 Å². The molecule has 9 heteroatoms.